The van der Waals surface area contributed by atoms with Crippen molar-refractivity contribution in [2.24, 2.45) is 13.0 Å². The Hall–Kier alpha value is -1.23. The van der Waals surface area contributed by atoms with E-state index in [2.05, 4.69) is 15.4 Å². The Kier molecular flexibility index (Phi) is 3.11. The Morgan fingerprint density at radius 3 is 3.07 bits per heavy atom. The first kappa shape index (κ1) is 10.3. The zero-order chi connectivity index (χ0) is 10.7. The summed E-state index contributed by atoms with van der Waals surface area (Å²) >= 11 is 0. The van der Waals surface area contributed by atoms with E-state index in [1.165, 1.54) is 19.2 Å². The molecule has 0 bridgehead atoms. The molecule has 82 valence electrons. The minimum Gasteiger partial charge on any atom is -0.310 e. The van der Waals surface area contributed by atoms with Gasteiger partial charge in [-0.1, -0.05) is 0 Å². The molecule has 1 aromatic heterocycles. The molecule has 2 rings (SSSR count). The second-order valence-corrected chi connectivity index (χ2v) is 4.09. The smallest absolute Gasteiger partial charge is 0.154 e. The molecule has 5 heteroatoms. The van der Waals surface area contributed by atoms with Gasteiger partial charge in [-0.25, -0.2) is 4.98 Å². The summed E-state index contributed by atoms with van der Waals surface area (Å²) in [5.74, 6) is 1.72. The molecule has 0 saturated heterocycles. The summed E-state index contributed by atoms with van der Waals surface area (Å²) in [5.41, 5.74) is 0. The minimum absolute atomic E-state index is 0.173. The molecule has 0 aliphatic heterocycles. The molecular formula is C10H16N4O. The van der Waals surface area contributed by atoms with Crippen LogP contribution in [0, 0.1) is 5.92 Å². The lowest BCUT2D eigenvalue weighted by Crippen LogP contribution is -2.26. The lowest BCUT2D eigenvalue weighted by molar-refractivity contribution is -0.117. The van der Waals surface area contributed by atoms with Gasteiger partial charge in [0.25, 0.3) is 0 Å². The van der Waals surface area contributed by atoms with Crippen LogP contribution < -0.4 is 5.32 Å². The fourth-order valence-electron chi connectivity index (χ4n) is 1.46. The lowest BCUT2D eigenvalue weighted by Gasteiger charge is -2.02. The summed E-state index contributed by atoms with van der Waals surface area (Å²) in [7, 11) is 1.80. The molecule has 1 fully saturated rings. The maximum atomic E-state index is 11.5. The quantitative estimate of drug-likeness (QED) is 0.710. The van der Waals surface area contributed by atoms with Crippen LogP contribution in [-0.2, 0) is 18.3 Å². The molecule has 0 unspecified atom stereocenters. The van der Waals surface area contributed by atoms with E-state index in [1.54, 1.807) is 11.7 Å². The van der Waals surface area contributed by atoms with Crippen molar-refractivity contribution < 1.29 is 4.79 Å². The van der Waals surface area contributed by atoms with E-state index >= 15 is 0 Å². The number of rotatable bonds is 6. The molecule has 1 aliphatic carbocycles. The van der Waals surface area contributed by atoms with Gasteiger partial charge in [0, 0.05) is 7.05 Å². The van der Waals surface area contributed by atoms with E-state index in [4.69, 9.17) is 0 Å². The van der Waals surface area contributed by atoms with Crippen LogP contribution in [0.3, 0.4) is 0 Å². The van der Waals surface area contributed by atoms with Gasteiger partial charge in [-0.2, -0.15) is 5.10 Å². The van der Waals surface area contributed by atoms with E-state index in [-0.39, 0.29) is 5.78 Å². The molecule has 1 saturated carbocycles. The minimum atomic E-state index is 0.173. The maximum Gasteiger partial charge on any atom is 0.154 e. The third-order valence-electron chi connectivity index (χ3n) is 2.61. The molecule has 0 aromatic carbocycles. The molecule has 15 heavy (non-hydrogen) atoms. The van der Waals surface area contributed by atoms with Crippen LogP contribution in [0.4, 0.5) is 0 Å². The summed E-state index contributed by atoms with van der Waals surface area (Å²) in [6, 6.07) is 0. The molecule has 0 radical (unpaired) electrons. The molecule has 5 nitrogen and oxygen atoms in total. The molecule has 1 aromatic rings. The Labute approximate surface area is 88.9 Å². The molecule has 0 spiro atoms. The summed E-state index contributed by atoms with van der Waals surface area (Å²) in [6.45, 7) is 1.42. The second kappa shape index (κ2) is 4.53. The van der Waals surface area contributed by atoms with Crippen molar-refractivity contribution in [2.75, 3.05) is 13.1 Å². The molecule has 0 atom stereocenters. The Morgan fingerprint density at radius 1 is 1.67 bits per heavy atom. The predicted octanol–water partition coefficient (Wildman–Crippen LogP) is -0.0737. The Morgan fingerprint density at radius 2 is 2.47 bits per heavy atom. The van der Waals surface area contributed by atoms with Crippen molar-refractivity contribution >= 4 is 5.78 Å². The van der Waals surface area contributed by atoms with Crippen molar-refractivity contribution in [2.45, 2.75) is 19.3 Å². The topological polar surface area (TPSA) is 59.8 Å². The van der Waals surface area contributed by atoms with Gasteiger partial charge in [0.1, 0.15) is 12.2 Å². The van der Waals surface area contributed by atoms with Gasteiger partial charge in [0.05, 0.1) is 13.0 Å². The van der Waals surface area contributed by atoms with Crippen molar-refractivity contribution in [3.8, 4) is 0 Å². The number of hydrogen-bond acceptors (Lipinski definition) is 4. The summed E-state index contributed by atoms with van der Waals surface area (Å²) < 4.78 is 1.64. The van der Waals surface area contributed by atoms with Crippen molar-refractivity contribution in [3.05, 3.63) is 12.2 Å². The van der Waals surface area contributed by atoms with Crippen LogP contribution in [0.15, 0.2) is 6.33 Å². The number of aryl methyl sites for hydroxylation is 1. The number of carbonyl (C=O) groups is 1. The van der Waals surface area contributed by atoms with Crippen LogP contribution >= 0.6 is 0 Å². The number of Topliss-reactive ketones (excluding diaryl/α,β-unsaturated/α-hetero) is 1. The van der Waals surface area contributed by atoms with Gasteiger partial charge >= 0.3 is 0 Å². The van der Waals surface area contributed by atoms with Crippen LogP contribution in [0.2, 0.25) is 0 Å². The van der Waals surface area contributed by atoms with E-state index in [9.17, 15) is 4.79 Å². The number of aromatic nitrogens is 3. The van der Waals surface area contributed by atoms with E-state index < -0.39 is 0 Å². The Balaban J connectivity index is 1.69. The first-order valence-corrected chi connectivity index (χ1v) is 5.31. The lowest BCUT2D eigenvalue weighted by atomic mass is 10.2. The van der Waals surface area contributed by atoms with Crippen molar-refractivity contribution in [1.82, 2.24) is 20.1 Å². The van der Waals surface area contributed by atoms with Gasteiger partial charge in [0.15, 0.2) is 5.78 Å². The number of nitrogens with zero attached hydrogens (tertiary/aromatic N) is 3. The zero-order valence-electron chi connectivity index (χ0n) is 8.94. The highest BCUT2D eigenvalue weighted by molar-refractivity contribution is 5.82. The monoisotopic (exact) mass is 208 g/mol. The highest BCUT2D eigenvalue weighted by Crippen LogP contribution is 2.27. The fraction of sp³-hybridized carbons (Fsp3) is 0.700. The molecule has 1 aliphatic rings. The van der Waals surface area contributed by atoms with Crippen LogP contribution in [-0.4, -0.2) is 33.6 Å². The highest BCUT2D eigenvalue weighted by atomic mass is 16.1. The highest BCUT2D eigenvalue weighted by Gasteiger charge is 2.20. The third-order valence-corrected chi connectivity index (χ3v) is 2.61. The number of hydrogen-bond donors (Lipinski definition) is 1. The van der Waals surface area contributed by atoms with Gasteiger partial charge in [-0.3, -0.25) is 9.48 Å². The normalized spacial score (nSPS) is 15.5. The predicted molar refractivity (Wildman–Crippen MR) is 55.3 cm³/mol. The van der Waals surface area contributed by atoms with E-state index in [1.807, 2.05) is 0 Å². The summed E-state index contributed by atoms with van der Waals surface area (Å²) in [6.07, 6.45) is 4.46. The Bertz CT molecular complexity index is 343. The average molecular weight is 208 g/mol. The largest absolute Gasteiger partial charge is 0.310 e. The van der Waals surface area contributed by atoms with Crippen LogP contribution in [0.1, 0.15) is 18.7 Å². The van der Waals surface area contributed by atoms with Gasteiger partial charge in [-0.15, -0.1) is 0 Å². The average Bonchev–Trinajstić information content (AvgIpc) is 2.93. The van der Waals surface area contributed by atoms with Crippen molar-refractivity contribution in [3.63, 3.8) is 0 Å². The molecule has 1 heterocycles. The van der Waals surface area contributed by atoms with Gasteiger partial charge in [-0.05, 0) is 25.3 Å². The number of nitrogens with one attached hydrogen (secondary N) is 1. The van der Waals surface area contributed by atoms with Gasteiger partial charge in [0.2, 0.25) is 0 Å². The summed E-state index contributed by atoms with van der Waals surface area (Å²) in [5, 5.41) is 7.09. The fourth-order valence-corrected chi connectivity index (χ4v) is 1.46. The standard InChI is InChI=1S/C10H16N4O/c1-14-10(12-7-13-14)4-9(15)6-11-5-8-2-3-8/h7-8,11H,2-6H2,1H3. The second-order valence-electron chi connectivity index (χ2n) is 4.09. The number of ketones is 1. The van der Waals surface area contributed by atoms with Crippen LogP contribution in [0.5, 0.6) is 0 Å². The molecule has 1 N–H and O–H groups in total. The molecule has 0 amide bonds. The zero-order valence-corrected chi connectivity index (χ0v) is 8.94. The van der Waals surface area contributed by atoms with E-state index in [0.717, 1.165) is 18.3 Å². The third kappa shape index (κ3) is 3.13. The first-order valence-electron chi connectivity index (χ1n) is 5.31. The first-order chi connectivity index (χ1) is 7.25. The van der Waals surface area contributed by atoms with E-state index in [0.29, 0.717) is 13.0 Å². The molecular weight excluding hydrogens is 192 g/mol. The maximum absolute atomic E-state index is 11.5. The van der Waals surface area contributed by atoms with Gasteiger partial charge < -0.3 is 5.32 Å². The summed E-state index contributed by atoms with van der Waals surface area (Å²) in [4.78, 5) is 15.5. The SMILES string of the molecule is Cn1ncnc1CC(=O)CNCC1CC1. The van der Waals surface area contributed by atoms with Crippen molar-refractivity contribution in [1.29, 1.82) is 0 Å². The van der Waals surface area contributed by atoms with Crippen LogP contribution in [0.25, 0.3) is 0 Å². The number of carbonyl (C=O) groups excluding carboxylic acids is 1.